The molecule has 0 unspecified atom stereocenters. The molecule has 34 heavy (non-hydrogen) atoms. The van der Waals surface area contributed by atoms with E-state index >= 15 is 0 Å². The van der Waals surface area contributed by atoms with Crippen molar-refractivity contribution < 1.29 is 4.79 Å². The Morgan fingerprint density at radius 1 is 1.15 bits per heavy atom. The quantitative estimate of drug-likeness (QED) is 0.473. The molecule has 1 aromatic carbocycles. The van der Waals surface area contributed by atoms with Gasteiger partial charge in [-0.3, -0.25) is 4.79 Å². The molecule has 0 spiro atoms. The smallest absolute Gasteiger partial charge is 0.222 e. The normalized spacial score (nSPS) is 26.9. The van der Waals surface area contributed by atoms with Crippen molar-refractivity contribution in [3.63, 3.8) is 0 Å². The molecular weight excluding hydrogens is 494 g/mol. The molecule has 3 aromatic rings. The van der Waals surface area contributed by atoms with Crippen molar-refractivity contribution >= 4 is 44.4 Å². The number of aromatic nitrogens is 3. The van der Waals surface area contributed by atoms with E-state index in [1.807, 2.05) is 0 Å². The predicted molar refractivity (Wildman–Crippen MR) is 138 cm³/mol. The van der Waals surface area contributed by atoms with Gasteiger partial charge < -0.3 is 25.8 Å². The Hall–Kier alpha value is -2.65. The number of nitrogens with zero attached hydrogens (tertiary/aromatic N) is 4. The number of H-pyrrole nitrogens is 1. The maximum atomic E-state index is 12.2. The van der Waals surface area contributed by atoms with E-state index in [0.29, 0.717) is 11.8 Å². The Morgan fingerprint density at radius 2 is 1.88 bits per heavy atom. The van der Waals surface area contributed by atoms with Crippen LogP contribution in [-0.2, 0) is 4.79 Å². The van der Waals surface area contributed by atoms with Crippen LogP contribution in [0.2, 0.25) is 0 Å². The molecule has 2 saturated carbocycles. The number of hydrogen-bond acceptors (Lipinski definition) is 6. The highest BCUT2D eigenvalue weighted by Gasteiger charge is 2.50. The molecule has 6 rings (SSSR count). The summed E-state index contributed by atoms with van der Waals surface area (Å²) < 4.78 is 0.842. The minimum Gasteiger partial charge on any atom is -0.378 e. The van der Waals surface area contributed by atoms with E-state index < -0.39 is 0 Å². The lowest BCUT2D eigenvalue weighted by Crippen LogP contribution is -2.44. The Bertz CT molecular complexity index is 1220. The van der Waals surface area contributed by atoms with E-state index in [1.165, 1.54) is 5.69 Å². The minimum atomic E-state index is -0.200. The third kappa shape index (κ3) is 3.75. The van der Waals surface area contributed by atoms with Crippen molar-refractivity contribution in [2.75, 3.05) is 43.4 Å². The van der Waals surface area contributed by atoms with Crippen LogP contribution in [0.25, 0.3) is 22.6 Å². The third-order valence-electron chi connectivity index (χ3n) is 8.03. The van der Waals surface area contributed by atoms with Gasteiger partial charge in [0.05, 0.1) is 16.1 Å². The summed E-state index contributed by atoms with van der Waals surface area (Å²) in [4.78, 5) is 29.9. The Labute approximate surface area is 207 Å². The number of benzene rings is 1. The number of aromatic amines is 1. The van der Waals surface area contributed by atoms with Gasteiger partial charge >= 0.3 is 0 Å². The number of likely N-dealkylation sites (N-methyl/N-ethyl adjacent to an activating group) is 1. The van der Waals surface area contributed by atoms with Crippen molar-refractivity contribution in [1.82, 2.24) is 19.9 Å². The fourth-order valence-electron chi connectivity index (χ4n) is 6.17. The summed E-state index contributed by atoms with van der Waals surface area (Å²) in [7, 11) is 2.17. The van der Waals surface area contributed by atoms with Crippen LogP contribution in [-0.4, -0.2) is 65.0 Å². The van der Waals surface area contributed by atoms with Crippen LogP contribution in [0.1, 0.15) is 19.3 Å². The van der Waals surface area contributed by atoms with Gasteiger partial charge in [-0.1, -0.05) is 0 Å². The van der Waals surface area contributed by atoms with Crippen molar-refractivity contribution in [1.29, 1.82) is 0 Å². The Morgan fingerprint density at radius 3 is 2.62 bits per heavy atom. The SMILES string of the molecule is CN1CCN(c2ccc(-c3nc4c(N[C@@H]5[C@H]6CC[C@H](C6)[C@@H]5C(N)=O)c(Br)cnc4[nH]3)cc2)CC1. The average Bonchev–Trinajstić information content (AvgIpc) is 3.56. The van der Waals surface area contributed by atoms with Gasteiger partial charge in [-0.2, -0.15) is 0 Å². The second kappa shape index (κ2) is 8.53. The van der Waals surface area contributed by atoms with Gasteiger partial charge in [0.25, 0.3) is 0 Å². The Kier molecular flexibility index (Phi) is 5.49. The van der Waals surface area contributed by atoms with Crippen LogP contribution >= 0.6 is 15.9 Å². The first-order valence-electron chi connectivity index (χ1n) is 12.1. The largest absolute Gasteiger partial charge is 0.378 e. The first-order valence-corrected chi connectivity index (χ1v) is 12.9. The number of hydrogen-bond donors (Lipinski definition) is 3. The highest BCUT2D eigenvalue weighted by atomic mass is 79.9. The van der Waals surface area contributed by atoms with Gasteiger partial charge in [-0.25, -0.2) is 9.97 Å². The number of pyridine rings is 1. The molecule has 178 valence electrons. The number of fused-ring (bicyclic) bond motifs is 3. The molecule has 4 N–H and O–H groups in total. The lowest BCUT2D eigenvalue weighted by Gasteiger charge is -2.34. The maximum Gasteiger partial charge on any atom is 0.222 e. The number of nitrogens with two attached hydrogens (primary N) is 1. The number of nitrogens with one attached hydrogen (secondary N) is 2. The van der Waals surface area contributed by atoms with Crippen LogP contribution < -0.4 is 16.0 Å². The van der Waals surface area contributed by atoms with Crippen molar-refractivity contribution in [2.45, 2.75) is 25.3 Å². The molecule has 3 aliphatic rings. The van der Waals surface area contributed by atoms with Gasteiger partial charge in [-0.05, 0) is 78.3 Å². The zero-order valence-electron chi connectivity index (χ0n) is 19.3. The first-order chi connectivity index (χ1) is 16.5. The maximum absolute atomic E-state index is 12.2. The Balaban J connectivity index is 1.28. The molecule has 2 aliphatic carbocycles. The monoisotopic (exact) mass is 523 g/mol. The zero-order valence-corrected chi connectivity index (χ0v) is 20.9. The predicted octanol–water partition coefficient (Wildman–Crippen LogP) is 3.45. The standard InChI is InChI=1S/C25H30BrN7O/c1-32-8-10-33(11-9-32)17-6-4-14(5-7-17)24-30-22-21(18(26)13-28-25(22)31-24)29-20-16-3-2-15(12-16)19(20)23(27)34/h4-7,13,15-16,19-20H,2-3,8-12H2,1H3,(H2,27,34)(H2,28,29,30,31)/t15-,16+,19+,20-/m1/s1. The lowest BCUT2D eigenvalue weighted by atomic mass is 9.84. The number of primary amides is 1. The minimum absolute atomic E-state index is 0.0428. The van der Waals surface area contributed by atoms with Gasteiger partial charge in [0.1, 0.15) is 11.3 Å². The van der Waals surface area contributed by atoms with E-state index in [0.717, 1.165) is 78.2 Å². The fraction of sp³-hybridized carbons (Fsp3) is 0.480. The number of carbonyl (C=O) groups is 1. The second-order valence-corrected chi connectivity index (χ2v) is 10.9. The lowest BCUT2D eigenvalue weighted by molar-refractivity contribution is -0.123. The molecule has 4 atom stereocenters. The highest BCUT2D eigenvalue weighted by molar-refractivity contribution is 9.10. The number of amides is 1. The van der Waals surface area contributed by atoms with Gasteiger partial charge in [0.2, 0.25) is 5.91 Å². The molecule has 8 nitrogen and oxygen atoms in total. The number of anilines is 2. The molecule has 3 fully saturated rings. The summed E-state index contributed by atoms with van der Waals surface area (Å²) in [5, 5.41) is 3.65. The second-order valence-electron chi connectivity index (χ2n) is 10.0. The van der Waals surface area contributed by atoms with Gasteiger partial charge in [0, 0.05) is 49.7 Å². The number of carbonyl (C=O) groups excluding carboxylic acids is 1. The molecule has 2 bridgehead atoms. The molecular formula is C25H30BrN7O. The van der Waals surface area contributed by atoms with E-state index in [2.05, 4.69) is 72.3 Å². The average molecular weight is 524 g/mol. The zero-order chi connectivity index (χ0) is 23.4. The van der Waals surface area contributed by atoms with Crippen LogP contribution in [0, 0.1) is 17.8 Å². The number of piperazine rings is 1. The van der Waals surface area contributed by atoms with E-state index in [-0.39, 0.29) is 17.9 Å². The van der Waals surface area contributed by atoms with Gasteiger partial charge in [-0.15, -0.1) is 0 Å². The number of rotatable bonds is 5. The molecule has 0 radical (unpaired) electrons. The van der Waals surface area contributed by atoms with Crippen molar-refractivity contribution in [2.24, 2.45) is 23.5 Å². The molecule has 2 aromatic heterocycles. The molecule has 1 saturated heterocycles. The van der Waals surface area contributed by atoms with Gasteiger partial charge in [0.15, 0.2) is 5.65 Å². The van der Waals surface area contributed by atoms with Crippen LogP contribution in [0.4, 0.5) is 11.4 Å². The molecule has 9 heteroatoms. The molecule has 1 amide bonds. The van der Waals surface area contributed by atoms with Crippen molar-refractivity contribution in [3.8, 4) is 11.4 Å². The molecule has 3 heterocycles. The summed E-state index contributed by atoms with van der Waals surface area (Å²) in [5.74, 6) is 1.32. The third-order valence-corrected chi connectivity index (χ3v) is 8.63. The topological polar surface area (TPSA) is 103 Å². The summed E-state index contributed by atoms with van der Waals surface area (Å²) in [5.41, 5.74) is 10.4. The van der Waals surface area contributed by atoms with Crippen LogP contribution in [0.5, 0.6) is 0 Å². The van der Waals surface area contributed by atoms with E-state index in [4.69, 9.17) is 10.7 Å². The number of imidazole rings is 1. The summed E-state index contributed by atoms with van der Waals surface area (Å²) in [6.07, 6.45) is 5.10. The first kappa shape index (κ1) is 21.9. The number of halogens is 1. The van der Waals surface area contributed by atoms with Crippen LogP contribution in [0.15, 0.2) is 34.9 Å². The highest BCUT2D eigenvalue weighted by Crippen LogP contribution is 2.50. The fourth-order valence-corrected chi connectivity index (χ4v) is 6.58. The summed E-state index contributed by atoms with van der Waals surface area (Å²) >= 11 is 3.65. The molecule has 1 aliphatic heterocycles. The van der Waals surface area contributed by atoms with E-state index in [1.54, 1.807) is 6.20 Å². The van der Waals surface area contributed by atoms with Crippen LogP contribution in [0.3, 0.4) is 0 Å². The van der Waals surface area contributed by atoms with E-state index in [9.17, 15) is 4.79 Å². The van der Waals surface area contributed by atoms with Crippen molar-refractivity contribution in [3.05, 3.63) is 34.9 Å². The summed E-state index contributed by atoms with van der Waals surface area (Å²) in [6, 6.07) is 8.62. The summed E-state index contributed by atoms with van der Waals surface area (Å²) in [6.45, 7) is 4.26.